The van der Waals surface area contributed by atoms with E-state index in [1.165, 1.54) is 6.42 Å². The zero-order chi connectivity index (χ0) is 12.2. The zero-order valence-corrected chi connectivity index (χ0v) is 11.2. The van der Waals surface area contributed by atoms with Crippen molar-refractivity contribution in [1.82, 2.24) is 10.2 Å². The summed E-state index contributed by atoms with van der Waals surface area (Å²) in [6.45, 7) is 9.66. The van der Waals surface area contributed by atoms with Crippen LogP contribution < -0.4 is 5.32 Å². The van der Waals surface area contributed by atoms with Crippen molar-refractivity contribution in [1.29, 1.82) is 0 Å². The predicted octanol–water partition coefficient (Wildman–Crippen LogP) is 1.88. The Kier molecular flexibility index (Phi) is 4.78. The summed E-state index contributed by atoms with van der Waals surface area (Å²) in [5.74, 6) is 1.00. The first-order valence-electron chi connectivity index (χ1n) is 6.37. The zero-order valence-electron chi connectivity index (χ0n) is 11.2. The molecule has 1 aliphatic rings. The molecule has 1 aliphatic heterocycles. The Hall–Kier alpha value is -0.570. The number of carbonyl (C=O) groups excluding carboxylic acids is 1. The molecule has 94 valence electrons. The summed E-state index contributed by atoms with van der Waals surface area (Å²) in [6.07, 6.45) is 2.81. The van der Waals surface area contributed by atoms with Gasteiger partial charge in [0.15, 0.2) is 0 Å². The van der Waals surface area contributed by atoms with Gasteiger partial charge >= 0.3 is 0 Å². The lowest BCUT2D eigenvalue weighted by Crippen LogP contribution is -2.31. The van der Waals surface area contributed by atoms with Crippen LogP contribution in [0.1, 0.15) is 40.0 Å². The first kappa shape index (κ1) is 13.5. The molecule has 1 saturated heterocycles. The maximum atomic E-state index is 11.9. The number of hydrogen-bond donors (Lipinski definition) is 1. The molecule has 1 atom stereocenters. The van der Waals surface area contributed by atoms with E-state index in [-0.39, 0.29) is 0 Å². The van der Waals surface area contributed by atoms with Crippen molar-refractivity contribution in [3.05, 3.63) is 0 Å². The number of carbonyl (C=O) groups is 1. The fourth-order valence-corrected chi connectivity index (χ4v) is 2.27. The van der Waals surface area contributed by atoms with Crippen molar-refractivity contribution in [3.8, 4) is 0 Å². The normalized spacial score (nSPS) is 21.5. The molecular formula is C13H26N2O. The number of nitrogens with zero attached hydrogens (tertiary/aromatic N) is 1. The molecule has 1 rings (SSSR count). The largest absolute Gasteiger partial charge is 0.342 e. The first-order valence-corrected chi connectivity index (χ1v) is 6.37. The maximum Gasteiger partial charge on any atom is 0.222 e. The molecule has 0 saturated carbocycles. The van der Waals surface area contributed by atoms with E-state index >= 15 is 0 Å². The van der Waals surface area contributed by atoms with Crippen molar-refractivity contribution in [2.75, 3.05) is 26.7 Å². The second-order valence-corrected chi connectivity index (χ2v) is 5.90. The van der Waals surface area contributed by atoms with E-state index in [0.717, 1.165) is 26.1 Å². The molecular weight excluding hydrogens is 200 g/mol. The average molecular weight is 226 g/mol. The van der Waals surface area contributed by atoms with E-state index in [9.17, 15) is 4.79 Å². The van der Waals surface area contributed by atoms with Crippen LogP contribution in [-0.2, 0) is 4.79 Å². The Labute approximate surface area is 99.6 Å². The smallest absolute Gasteiger partial charge is 0.222 e. The summed E-state index contributed by atoms with van der Waals surface area (Å²) in [6, 6.07) is 0. The molecule has 1 unspecified atom stereocenters. The number of amides is 1. The highest BCUT2D eigenvalue weighted by molar-refractivity contribution is 5.76. The Morgan fingerprint density at radius 3 is 2.62 bits per heavy atom. The molecule has 0 aliphatic carbocycles. The quantitative estimate of drug-likeness (QED) is 0.742. The standard InChI is InChI=1S/C13H26N2O/c1-13(2,3)11-7-9-15(10-11)12(16)6-5-8-14-4/h11,14H,5-10H2,1-4H3. The molecule has 0 aromatic rings. The SMILES string of the molecule is CNCCCC(=O)N1CCC(C(C)(C)C)C1. The van der Waals surface area contributed by atoms with Gasteiger partial charge < -0.3 is 10.2 Å². The highest BCUT2D eigenvalue weighted by atomic mass is 16.2. The number of likely N-dealkylation sites (tertiary alicyclic amines) is 1. The third-order valence-corrected chi connectivity index (χ3v) is 3.58. The molecule has 1 fully saturated rings. The third kappa shape index (κ3) is 3.78. The van der Waals surface area contributed by atoms with E-state index < -0.39 is 0 Å². The second-order valence-electron chi connectivity index (χ2n) is 5.90. The number of rotatable bonds is 4. The van der Waals surface area contributed by atoms with Crippen LogP contribution in [0, 0.1) is 11.3 Å². The van der Waals surface area contributed by atoms with Gasteiger partial charge in [-0.2, -0.15) is 0 Å². The number of hydrogen-bond acceptors (Lipinski definition) is 2. The maximum absolute atomic E-state index is 11.9. The van der Waals surface area contributed by atoms with Gasteiger partial charge in [-0.1, -0.05) is 20.8 Å². The van der Waals surface area contributed by atoms with E-state index in [1.807, 2.05) is 11.9 Å². The van der Waals surface area contributed by atoms with Crippen LogP contribution in [0.2, 0.25) is 0 Å². The Morgan fingerprint density at radius 2 is 2.12 bits per heavy atom. The molecule has 3 nitrogen and oxygen atoms in total. The summed E-state index contributed by atoms with van der Waals surface area (Å²) in [5, 5.41) is 3.08. The molecule has 1 heterocycles. The molecule has 16 heavy (non-hydrogen) atoms. The molecule has 3 heteroatoms. The molecule has 0 aromatic carbocycles. The number of nitrogens with one attached hydrogen (secondary N) is 1. The van der Waals surface area contributed by atoms with Gasteiger partial charge in [0.2, 0.25) is 5.91 Å². The fraction of sp³-hybridized carbons (Fsp3) is 0.923. The Morgan fingerprint density at radius 1 is 1.44 bits per heavy atom. The van der Waals surface area contributed by atoms with Gasteiger partial charge in [0.25, 0.3) is 0 Å². The highest BCUT2D eigenvalue weighted by Gasteiger charge is 2.33. The second kappa shape index (κ2) is 5.67. The van der Waals surface area contributed by atoms with Crippen molar-refractivity contribution >= 4 is 5.91 Å². The van der Waals surface area contributed by atoms with Gasteiger partial charge in [-0.25, -0.2) is 0 Å². The molecule has 0 bridgehead atoms. The summed E-state index contributed by atoms with van der Waals surface area (Å²) in [4.78, 5) is 13.9. The average Bonchev–Trinajstić information content (AvgIpc) is 2.66. The van der Waals surface area contributed by atoms with Gasteiger partial charge in [-0.15, -0.1) is 0 Å². The summed E-state index contributed by atoms with van der Waals surface area (Å²) in [5.41, 5.74) is 0.333. The van der Waals surface area contributed by atoms with Gasteiger partial charge in [-0.3, -0.25) is 4.79 Å². The molecule has 0 radical (unpaired) electrons. The van der Waals surface area contributed by atoms with Gasteiger partial charge in [0, 0.05) is 19.5 Å². The monoisotopic (exact) mass is 226 g/mol. The molecule has 0 aromatic heterocycles. The van der Waals surface area contributed by atoms with Crippen LogP contribution in [0.4, 0.5) is 0 Å². The lowest BCUT2D eigenvalue weighted by Gasteiger charge is -2.27. The van der Waals surface area contributed by atoms with Crippen LogP contribution in [0.3, 0.4) is 0 Å². The van der Waals surface area contributed by atoms with Crippen molar-refractivity contribution in [2.45, 2.75) is 40.0 Å². The van der Waals surface area contributed by atoms with Gasteiger partial charge in [0.1, 0.15) is 0 Å². The van der Waals surface area contributed by atoms with E-state index in [1.54, 1.807) is 0 Å². The Bertz CT molecular complexity index is 233. The van der Waals surface area contributed by atoms with E-state index in [2.05, 4.69) is 26.1 Å². The predicted molar refractivity (Wildman–Crippen MR) is 67.3 cm³/mol. The van der Waals surface area contributed by atoms with Crippen LogP contribution >= 0.6 is 0 Å². The lowest BCUT2D eigenvalue weighted by atomic mass is 9.80. The molecule has 0 spiro atoms. The van der Waals surface area contributed by atoms with Crippen LogP contribution in [0.25, 0.3) is 0 Å². The third-order valence-electron chi connectivity index (χ3n) is 3.58. The van der Waals surface area contributed by atoms with Crippen LogP contribution in [-0.4, -0.2) is 37.5 Å². The fourth-order valence-electron chi connectivity index (χ4n) is 2.27. The van der Waals surface area contributed by atoms with Crippen molar-refractivity contribution < 1.29 is 4.79 Å². The minimum Gasteiger partial charge on any atom is -0.342 e. The minimum atomic E-state index is 0.333. The van der Waals surface area contributed by atoms with Crippen molar-refractivity contribution in [2.24, 2.45) is 11.3 Å². The summed E-state index contributed by atoms with van der Waals surface area (Å²) < 4.78 is 0. The van der Waals surface area contributed by atoms with E-state index in [4.69, 9.17) is 0 Å². The summed E-state index contributed by atoms with van der Waals surface area (Å²) in [7, 11) is 1.93. The molecule has 1 amide bonds. The first-order chi connectivity index (χ1) is 7.45. The lowest BCUT2D eigenvalue weighted by molar-refractivity contribution is -0.130. The van der Waals surface area contributed by atoms with Crippen LogP contribution in [0.15, 0.2) is 0 Å². The molecule has 1 N–H and O–H groups in total. The topological polar surface area (TPSA) is 32.3 Å². The minimum absolute atomic E-state index is 0.333. The van der Waals surface area contributed by atoms with Crippen LogP contribution in [0.5, 0.6) is 0 Å². The van der Waals surface area contributed by atoms with Gasteiger partial charge in [0.05, 0.1) is 0 Å². The summed E-state index contributed by atoms with van der Waals surface area (Å²) >= 11 is 0. The van der Waals surface area contributed by atoms with Crippen molar-refractivity contribution in [3.63, 3.8) is 0 Å². The Balaban J connectivity index is 2.32. The van der Waals surface area contributed by atoms with E-state index in [0.29, 0.717) is 23.7 Å². The highest BCUT2D eigenvalue weighted by Crippen LogP contribution is 2.33. The van der Waals surface area contributed by atoms with Gasteiger partial charge in [-0.05, 0) is 37.8 Å².